The van der Waals surface area contributed by atoms with Crippen LogP contribution >= 0.6 is 0 Å². The predicted molar refractivity (Wildman–Crippen MR) is 167 cm³/mol. The zero-order valence-corrected chi connectivity index (χ0v) is 25.2. The molecule has 0 fully saturated rings. The lowest BCUT2D eigenvalue weighted by molar-refractivity contribution is -0.119. The molecule has 3 aromatic carbocycles. The highest BCUT2D eigenvalue weighted by Gasteiger charge is 2.24. The van der Waals surface area contributed by atoms with Crippen LogP contribution < -0.4 is 15.6 Å². The number of hydrogen-bond acceptors (Lipinski definition) is 8. The monoisotopic (exact) mass is 611 g/mol. The van der Waals surface area contributed by atoms with Crippen LogP contribution in [0.2, 0.25) is 0 Å². The second kappa shape index (κ2) is 12.1. The summed E-state index contributed by atoms with van der Waals surface area (Å²) >= 11 is 0. The number of pyridine rings is 1. The van der Waals surface area contributed by atoms with Crippen LogP contribution in [-0.2, 0) is 26.6 Å². The van der Waals surface area contributed by atoms with Crippen molar-refractivity contribution in [3.8, 4) is 11.1 Å². The molecule has 12 heteroatoms. The van der Waals surface area contributed by atoms with E-state index < -0.39 is 28.5 Å². The van der Waals surface area contributed by atoms with Gasteiger partial charge in [0.15, 0.2) is 6.61 Å². The average Bonchev–Trinajstić information content (AvgIpc) is 2.98. The summed E-state index contributed by atoms with van der Waals surface area (Å²) in [5.41, 5.74) is 3.41. The van der Waals surface area contributed by atoms with E-state index in [9.17, 15) is 22.8 Å². The fraction of sp³-hybridized carbons (Fsp3) is 0.156. The van der Waals surface area contributed by atoms with Gasteiger partial charge in [0.2, 0.25) is 5.95 Å². The Balaban J connectivity index is 1.32. The molecule has 0 bridgehead atoms. The molecular weight excluding hydrogens is 582 g/mol. The minimum Gasteiger partial charge on any atom is -0.451 e. The van der Waals surface area contributed by atoms with E-state index in [1.54, 1.807) is 44.2 Å². The zero-order chi connectivity index (χ0) is 31.6. The first-order chi connectivity index (χ1) is 20.9. The van der Waals surface area contributed by atoms with Crippen molar-refractivity contribution in [3.05, 3.63) is 112 Å². The molecule has 0 atom stereocenters. The number of aromatic nitrogens is 3. The van der Waals surface area contributed by atoms with Gasteiger partial charge in [-0.3, -0.25) is 9.59 Å². The Morgan fingerprint density at radius 1 is 0.864 bits per heavy atom. The summed E-state index contributed by atoms with van der Waals surface area (Å²) in [6.45, 7) is 4.76. The quantitative estimate of drug-likeness (QED) is 0.243. The van der Waals surface area contributed by atoms with Crippen molar-refractivity contribution < 1.29 is 22.7 Å². The molecule has 2 N–H and O–H groups in total. The Kier molecular flexibility index (Phi) is 8.28. The van der Waals surface area contributed by atoms with Crippen molar-refractivity contribution in [2.75, 3.05) is 16.6 Å². The molecule has 1 amide bonds. The maximum atomic E-state index is 13.4. The third-order valence-electron chi connectivity index (χ3n) is 6.83. The van der Waals surface area contributed by atoms with Crippen LogP contribution in [0.4, 0.5) is 11.6 Å². The average molecular weight is 612 g/mol. The Labute approximate surface area is 253 Å². The number of benzene rings is 3. The highest BCUT2D eigenvalue weighted by Crippen LogP contribution is 2.31. The van der Waals surface area contributed by atoms with Gasteiger partial charge in [-0.25, -0.2) is 27.9 Å². The van der Waals surface area contributed by atoms with Crippen molar-refractivity contribution in [3.63, 3.8) is 0 Å². The highest BCUT2D eigenvalue weighted by molar-refractivity contribution is 7.92. The van der Waals surface area contributed by atoms with Crippen LogP contribution in [0, 0.1) is 20.8 Å². The number of nitrogens with one attached hydrogen (secondary N) is 2. The van der Waals surface area contributed by atoms with Gasteiger partial charge in [-0.2, -0.15) is 0 Å². The number of anilines is 2. The summed E-state index contributed by atoms with van der Waals surface area (Å²) in [4.78, 5) is 47.3. The Bertz CT molecular complexity index is 2050. The van der Waals surface area contributed by atoms with E-state index in [1.807, 2.05) is 31.2 Å². The molecule has 5 rings (SSSR count). The van der Waals surface area contributed by atoms with E-state index in [0.29, 0.717) is 33.3 Å². The zero-order valence-electron chi connectivity index (χ0n) is 24.4. The Morgan fingerprint density at radius 3 is 2.11 bits per heavy atom. The van der Waals surface area contributed by atoms with E-state index in [0.717, 1.165) is 5.56 Å². The number of carbonyl (C=O) groups is 2. The summed E-state index contributed by atoms with van der Waals surface area (Å²) in [6.07, 6.45) is 0. The van der Waals surface area contributed by atoms with E-state index in [2.05, 4.69) is 20.0 Å². The largest absolute Gasteiger partial charge is 0.451 e. The first-order valence-corrected chi connectivity index (χ1v) is 15.0. The highest BCUT2D eigenvalue weighted by atomic mass is 32.2. The number of fused-ring (bicyclic) bond motifs is 1. The molecule has 5 aromatic rings. The minimum atomic E-state index is -3.98. The maximum Gasteiger partial charge on any atom is 0.356 e. The summed E-state index contributed by atoms with van der Waals surface area (Å²) in [7, 11) is -2.50. The lowest BCUT2D eigenvalue weighted by Gasteiger charge is -2.17. The van der Waals surface area contributed by atoms with Crippen molar-refractivity contribution in [1.29, 1.82) is 0 Å². The fourth-order valence-corrected chi connectivity index (χ4v) is 5.73. The molecule has 0 saturated heterocycles. The molecule has 11 nitrogen and oxygen atoms in total. The maximum absolute atomic E-state index is 13.4. The van der Waals surface area contributed by atoms with Crippen LogP contribution in [0.1, 0.15) is 27.4 Å². The summed E-state index contributed by atoms with van der Waals surface area (Å²) < 4.78 is 34.5. The van der Waals surface area contributed by atoms with Crippen LogP contribution in [0.5, 0.6) is 0 Å². The molecule has 0 aliphatic carbocycles. The van der Waals surface area contributed by atoms with Crippen molar-refractivity contribution in [2.24, 2.45) is 7.05 Å². The van der Waals surface area contributed by atoms with E-state index in [-0.39, 0.29) is 27.8 Å². The fourth-order valence-electron chi connectivity index (χ4n) is 4.78. The van der Waals surface area contributed by atoms with Gasteiger partial charge in [0.1, 0.15) is 5.69 Å². The molecule has 44 heavy (non-hydrogen) atoms. The second-order valence-corrected chi connectivity index (χ2v) is 11.9. The summed E-state index contributed by atoms with van der Waals surface area (Å²) in [5, 5.41) is 3.61. The molecule has 0 radical (unpaired) electrons. The number of nitrogens with zero attached hydrogens (tertiary/aromatic N) is 3. The predicted octanol–water partition coefficient (Wildman–Crippen LogP) is 4.52. The van der Waals surface area contributed by atoms with Gasteiger partial charge < -0.3 is 14.6 Å². The standard InChI is InChI=1S/C32H29N5O6S/c1-19-9-11-22(12-10-19)28-25-7-5-6-8-26(25)30(39)37(4)29(28)31(40)43-18-27(38)35-23-13-15-24(16-14-23)44(41,42)36-32-33-20(2)17-21(3)34-32/h5-17H,18H2,1-4H3,(H,35,38)(H,33,34,36). The van der Waals surface area contributed by atoms with Gasteiger partial charge in [0, 0.05) is 35.1 Å². The Hall–Kier alpha value is -5.36. The third kappa shape index (κ3) is 6.35. The number of hydrogen-bond donors (Lipinski definition) is 2. The van der Waals surface area contributed by atoms with Crippen LogP contribution in [0.3, 0.4) is 0 Å². The number of ether oxygens (including phenoxy) is 1. The van der Waals surface area contributed by atoms with Gasteiger partial charge in [-0.15, -0.1) is 0 Å². The third-order valence-corrected chi connectivity index (χ3v) is 8.17. The van der Waals surface area contributed by atoms with Crippen molar-refractivity contribution >= 4 is 44.3 Å². The minimum absolute atomic E-state index is 0.0141. The molecule has 0 spiro atoms. The molecule has 224 valence electrons. The van der Waals surface area contributed by atoms with E-state index in [4.69, 9.17) is 4.74 Å². The van der Waals surface area contributed by atoms with Gasteiger partial charge in [-0.05, 0) is 68.1 Å². The second-order valence-electron chi connectivity index (χ2n) is 10.2. The van der Waals surface area contributed by atoms with Gasteiger partial charge in [0.25, 0.3) is 21.5 Å². The number of carbonyl (C=O) groups excluding carboxylic acids is 2. The molecule has 2 heterocycles. The Morgan fingerprint density at radius 2 is 1.48 bits per heavy atom. The van der Waals surface area contributed by atoms with Crippen LogP contribution in [0.25, 0.3) is 21.9 Å². The molecule has 0 saturated carbocycles. The number of esters is 1. The molecular formula is C32H29N5O6S. The summed E-state index contributed by atoms with van der Waals surface area (Å²) in [6, 6.07) is 21.7. The molecule has 2 aromatic heterocycles. The van der Waals surface area contributed by atoms with Crippen LogP contribution in [0.15, 0.2) is 88.6 Å². The first-order valence-electron chi connectivity index (χ1n) is 13.5. The smallest absolute Gasteiger partial charge is 0.356 e. The normalized spacial score (nSPS) is 11.3. The van der Waals surface area contributed by atoms with Gasteiger partial charge in [-0.1, -0.05) is 48.0 Å². The first kappa shape index (κ1) is 30.1. The van der Waals surface area contributed by atoms with E-state index in [1.165, 1.54) is 35.9 Å². The summed E-state index contributed by atoms with van der Waals surface area (Å²) in [5.74, 6) is -1.54. The van der Waals surface area contributed by atoms with E-state index >= 15 is 0 Å². The van der Waals surface area contributed by atoms with Crippen molar-refractivity contribution in [2.45, 2.75) is 25.7 Å². The number of sulfonamides is 1. The number of aryl methyl sites for hydroxylation is 3. The topological polar surface area (TPSA) is 149 Å². The van der Waals surface area contributed by atoms with Gasteiger partial charge in [0.05, 0.1) is 4.90 Å². The van der Waals surface area contributed by atoms with Crippen molar-refractivity contribution in [1.82, 2.24) is 14.5 Å². The molecule has 0 unspecified atom stereocenters. The molecule has 0 aliphatic rings. The SMILES string of the molecule is Cc1ccc(-c2c(C(=O)OCC(=O)Nc3ccc(S(=O)(=O)Nc4nc(C)cc(C)n4)cc3)n(C)c(=O)c3ccccc23)cc1. The lowest BCUT2D eigenvalue weighted by Crippen LogP contribution is -2.28. The number of rotatable bonds is 8. The van der Waals surface area contributed by atoms with Gasteiger partial charge >= 0.3 is 5.97 Å². The lowest BCUT2D eigenvalue weighted by atomic mass is 9.96. The number of amides is 1. The van der Waals surface area contributed by atoms with Crippen LogP contribution in [-0.4, -0.2) is 41.4 Å². The molecule has 0 aliphatic heterocycles.